The fourth-order valence-corrected chi connectivity index (χ4v) is 2.48. The van der Waals surface area contributed by atoms with Crippen LogP contribution in [0.15, 0.2) is 46.9 Å². The van der Waals surface area contributed by atoms with Crippen molar-refractivity contribution < 1.29 is 9.47 Å². The van der Waals surface area contributed by atoms with Gasteiger partial charge in [0.1, 0.15) is 18.1 Å². The topological polar surface area (TPSA) is 44.5 Å². The average Bonchev–Trinajstić information content (AvgIpc) is 2.52. The molecule has 0 bridgehead atoms. The van der Waals surface area contributed by atoms with E-state index in [0.717, 1.165) is 33.5 Å². The van der Waals surface area contributed by atoms with E-state index in [1.165, 1.54) is 0 Å². The van der Waals surface area contributed by atoms with Crippen molar-refractivity contribution in [3.05, 3.63) is 58.1 Å². The van der Waals surface area contributed by atoms with Crippen LogP contribution in [-0.4, -0.2) is 7.11 Å². The van der Waals surface area contributed by atoms with Gasteiger partial charge in [-0.1, -0.05) is 35.0 Å². The first-order chi connectivity index (χ1) is 10.1. The van der Waals surface area contributed by atoms with Crippen LogP contribution in [0.3, 0.4) is 0 Å². The van der Waals surface area contributed by atoms with Gasteiger partial charge < -0.3 is 15.2 Å². The lowest BCUT2D eigenvalue weighted by atomic mass is 10.1. The molecule has 112 valence electrons. The van der Waals surface area contributed by atoms with Gasteiger partial charge >= 0.3 is 0 Å². The Hall–Kier alpha value is -1.52. The molecule has 0 heterocycles. The molecule has 0 fully saturated rings. The zero-order valence-corrected chi connectivity index (χ0v) is 13.9. The van der Waals surface area contributed by atoms with E-state index in [0.29, 0.717) is 6.61 Å². The summed E-state index contributed by atoms with van der Waals surface area (Å²) in [6.07, 6.45) is 0.926. The maximum Gasteiger partial charge on any atom is 0.125 e. The number of hydrogen-bond acceptors (Lipinski definition) is 3. The molecule has 2 rings (SSSR count). The van der Waals surface area contributed by atoms with E-state index in [1.54, 1.807) is 7.11 Å². The van der Waals surface area contributed by atoms with Gasteiger partial charge in [0.25, 0.3) is 0 Å². The van der Waals surface area contributed by atoms with Gasteiger partial charge in [0.2, 0.25) is 0 Å². The van der Waals surface area contributed by atoms with Crippen LogP contribution in [0.4, 0.5) is 0 Å². The average molecular weight is 350 g/mol. The Morgan fingerprint density at radius 3 is 2.48 bits per heavy atom. The number of methoxy groups -OCH3 is 1. The summed E-state index contributed by atoms with van der Waals surface area (Å²) in [7, 11) is 1.66. The Morgan fingerprint density at radius 2 is 1.86 bits per heavy atom. The third-order valence-electron chi connectivity index (χ3n) is 3.38. The van der Waals surface area contributed by atoms with Crippen molar-refractivity contribution in [3.63, 3.8) is 0 Å². The van der Waals surface area contributed by atoms with Crippen LogP contribution < -0.4 is 15.2 Å². The molecular weight excluding hydrogens is 330 g/mol. The number of halogens is 1. The van der Waals surface area contributed by atoms with Gasteiger partial charge in [-0.05, 0) is 42.3 Å². The van der Waals surface area contributed by atoms with Gasteiger partial charge in [0.15, 0.2) is 0 Å². The number of rotatable bonds is 6. The fourth-order valence-electron chi connectivity index (χ4n) is 2.07. The molecule has 0 aliphatic rings. The van der Waals surface area contributed by atoms with Crippen LogP contribution in [0.5, 0.6) is 11.5 Å². The Labute approximate surface area is 134 Å². The highest BCUT2D eigenvalue weighted by Gasteiger charge is 2.06. The molecule has 0 aliphatic heterocycles. The summed E-state index contributed by atoms with van der Waals surface area (Å²) in [6.45, 7) is 2.54. The second-order valence-electron chi connectivity index (χ2n) is 4.83. The van der Waals surface area contributed by atoms with Crippen LogP contribution in [-0.2, 0) is 6.61 Å². The fraction of sp³-hybridized carbons (Fsp3) is 0.294. The van der Waals surface area contributed by atoms with Gasteiger partial charge in [0.05, 0.1) is 7.11 Å². The summed E-state index contributed by atoms with van der Waals surface area (Å²) in [5.74, 6) is 1.65. The van der Waals surface area contributed by atoms with Crippen LogP contribution in [0, 0.1) is 0 Å². The van der Waals surface area contributed by atoms with Crippen LogP contribution in [0.25, 0.3) is 0 Å². The molecule has 0 aromatic heterocycles. The normalized spacial score (nSPS) is 12.0. The molecule has 0 saturated carbocycles. The van der Waals surface area contributed by atoms with Crippen LogP contribution in [0.1, 0.15) is 30.5 Å². The minimum absolute atomic E-state index is 0.0872. The molecule has 2 N–H and O–H groups in total. The van der Waals surface area contributed by atoms with Crippen molar-refractivity contribution in [1.29, 1.82) is 0 Å². The highest BCUT2D eigenvalue weighted by atomic mass is 79.9. The molecule has 0 saturated heterocycles. The summed E-state index contributed by atoms with van der Waals surface area (Å²) in [5.41, 5.74) is 8.13. The first-order valence-electron chi connectivity index (χ1n) is 6.94. The Balaban J connectivity index is 2.04. The molecular formula is C17H20BrNO2. The number of nitrogens with two attached hydrogens (primary N) is 1. The van der Waals surface area contributed by atoms with Crippen molar-refractivity contribution in [2.75, 3.05) is 7.11 Å². The molecule has 2 aromatic rings. The zero-order valence-electron chi connectivity index (χ0n) is 12.3. The predicted molar refractivity (Wildman–Crippen MR) is 88.7 cm³/mol. The third kappa shape index (κ3) is 4.22. The standard InChI is InChI=1S/C17H20BrNO2/c1-3-16(19)12-4-7-15(8-5-12)21-11-13-10-14(18)6-9-17(13)20-2/h4-10,16H,3,11,19H2,1-2H3/t16-/m0/s1. The SMILES string of the molecule is CC[C@H](N)c1ccc(OCc2cc(Br)ccc2OC)cc1. The van der Waals surface area contributed by atoms with E-state index in [1.807, 2.05) is 42.5 Å². The van der Waals surface area contributed by atoms with E-state index < -0.39 is 0 Å². The molecule has 0 radical (unpaired) electrons. The lowest BCUT2D eigenvalue weighted by molar-refractivity contribution is 0.296. The van der Waals surface area contributed by atoms with Crippen LogP contribution in [0.2, 0.25) is 0 Å². The lowest BCUT2D eigenvalue weighted by Crippen LogP contribution is -2.08. The molecule has 0 aliphatic carbocycles. The largest absolute Gasteiger partial charge is 0.496 e. The van der Waals surface area contributed by atoms with Crippen molar-refractivity contribution in [2.24, 2.45) is 5.73 Å². The predicted octanol–water partition coefficient (Wildman–Crippen LogP) is 4.45. The minimum atomic E-state index is 0.0872. The third-order valence-corrected chi connectivity index (χ3v) is 3.88. The van der Waals surface area contributed by atoms with E-state index in [2.05, 4.69) is 22.9 Å². The number of hydrogen-bond donors (Lipinski definition) is 1. The monoisotopic (exact) mass is 349 g/mol. The molecule has 21 heavy (non-hydrogen) atoms. The lowest BCUT2D eigenvalue weighted by Gasteiger charge is -2.12. The Morgan fingerprint density at radius 1 is 1.14 bits per heavy atom. The highest BCUT2D eigenvalue weighted by molar-refractivity contribution is 9.10. The first kappa shape index (κ1) is 15.9. The molecule has 4 heteroatoms. The van der Waals surface area contributed by atoms with Gasteiger partial charge in [-0.2, -0.15) is 0 Å². The summed E-state index contributed by atoms with van der Waals surface area (Å²) in [5, 5.41) is 0. The minimum Gasteiger partial charge on any atom is -0.496 e. The summed E-state index contributed by atoms with van der Waals surface area (Å²) in [6, 6.07) is 13.9. The van der Waals surface area contributed by atoms with Gasteiger partial charge in [-0.15, -0.1) is 0 Å². The number of ether oxygens (including phenoxy) is 2. The molecule has 0 spiro atoms. The first-order valence-corrected chi connectivity index (χ1v) is 7.74. The summed E-state index contributed by atoms with van der Waals surface area (Å²) >= 11 is 3.46. The molecule has 3 nitrogen and oxygen atoms in total. The van der Waals surface area contributed by atoms with Crippen LogP contribution >= 0.6 is 15.9 Å². The molecule has 0 amide bonds. The maximum atomic E-state index is 6.00. The molecule has 0 unspecified atom stereocenters. The highest BCUT2D eigenvalue weighted by Crippen LogP contribution is 2.25. The van der Waals surface area contributed by atoms with E-state index >= 15 is 0 Å². The van der Waals surface area contributed by atoms with Crippen molar-refractivity contribution >= 4 is 15.9 Å². The Kier molecular flexibility index (Phi) is 5.65. The smallest absolute Gasteiger partial charge is 0.125 e. The van der Waals surface area contributed by atoms with Crippen molar-refractivity contribution in [3.8, 4) is 11.5 Å². The van der Waals surface area contributed by atoms with Gasteiger partial charge in [-0.25, -0.2) is 0 Å². The summed E-state index contributed by atoms with van der Waals surface area (Å²) in [4.78, 5) is 0. The molecule has 2 aromatic carbocycles. The Bertz CT molecular complexity index is 584. The van der Waals surface area contributed by atoms with Crippen molar-refractivity contribution in [2.45, 2.75) is 26.0 Å². The van der Waals surface area contributed by atoms with E-state index in [-0.39, 0.29) is 6.04 Å². The second kappa shape index (κ2) is 7.48. The number of benzene rings is 2. The zero-order chi connectivity index (χ0) is 15.2. The van der Waals surface area contributed by atoms with Gasteiger partial charge in [0, 0.05) is 16.1 Å². The maximum absolute atomic E-state index is 6.00. The summed E-state index contributed by atoms with van der Waals surface area (Å²) < 4.78 is 12.2. The van der Waals surface area contributed by atoms with Gasteiger partial charge in [-0.3, -0.25) is 0 Å². The second-order valence-corrected chi connectivity index (χ2v) is 5.74. The van der Waals surface area contributed by atoms with E-state index in [4.69, 9.17) is 15.2 Å². The van der Waals surface area contributed by atoms with E-state index in [9.17, 15) is 0 Å². The molecule has 1 atom stereocenters. The van der Waals surface area contributed by atoms with Crippen molar-refractivity contribution in [1.82, 2.24) is 0 Å². The quantitative estimate of drug-likeness (QED) is 0.837.